The summed E-state index contributed by atoms with van der Waals surface area (Å²) in [4.78, 5) is 14.7. The third-order valence-electron chi connectivity index (χ3n) is 2.66. The molecule has 1 saturated heterocycles. The molecule has 1 aromatic rings. The van der Waals surface area contributed by atoms with Gasteiger partial charge in [0, 0.05) is 6.20 Å². The summed E-state index contributed by atoms with van der Waals surface area (Å²) in [7, 11) is 0. The minimum Gasteiger partial charge on any atom is -0.394 e. The van der Waals surface area contributed by atoms with Crippen molar-refractivity contribution in [3.8, 4) is 0 Å². The lowest BCUT2D eigenvalue weighted by molar-refractivity contribution is -0.140. The number of aliphatic hydroxyl groups excluding tert-OH is 2. The molecule has 0 radical (unpaired) electrons. The van der Waals surface area contributed by atoms with E-state index >= 15 is 0 Å². The van der Waals surface area contributed by atoms with Gasteiger partial charge in [0.2, 0.25) is 6.23 Å². The fourth-order valence-corrected chi connectivity index (χ4v) is 1.72. The number of hydrogen-bond donors (Lipinski definition) is 5. The lowest BCUT2D eigenvalue weighted by atomic mass is 10.1. The van der Waals surface area contributed by atoms with Gasteiger partial charge in [0.25, 0.3) is 0 Å². The highest BCUT2D eigenvalue weighted by Crippen LogP contribution is 2.41. The number of hydrogen-bond acceptors (Lipinski definition) is 8. The molecule has 0 spiro atoms. The summed E-state index contributed by atoms with van der Waals surface area (Å²) in [6.07, 6.45) is -4.69. The SMILES string of the molecule is NN.Nc1ccn([C@@H]2O[C@H](CO)[C@@H](O)C2(F)F)c(=O)n1. The second-order valence-electron chi connectivity index (χ2n) is 3.87. The van der Waals surface area contributed by atoms with Crippen LogP contribution in [-0.2, 0) is 4.74 Å². The number of aromatic nitrogens is 2. The van der Waals surface area contributed by atoms with Gasteiger partial charge in [-0.05, 0) is 6.07 Å². The Hall–Kier alpha value is -1.66. The summed E-state index contributed by atoms with van der Waals surface area (Å²) >= 11 is 0. The van der Waals surface area contributed by atoms with Crippen molar-refractivity contribution in [2.75, 3.05) is 12.3 Å². The monoisotopic (exact) mass is 295 g/mol. The van der Waals surface area contributed by atoms with Crippen LogP contribution in [0.2, 0.25) is 0 Å². The summed E-state index contributed by atoms with van der Waals surface area (Å²) in [6, 6.07) is 1.15. The Bertz CT molecular complexity index is 511. The molecule has 0 aromatic carbocycles. The average molecular weight is 295 g/mol. The Kier molecular flexibility index (Phi) is 5.08. The van der Waals surface area contributed by atoms with Gasteiger partial charge in [0.05, 0.1) is 6.61 Å². The van der Waals surface area contributed by atoms with Gasteiger partial charge < -0.3 is 20.7 Å². The first-order valence-corrected chi connectivity index (χ1v) is 5.38. The standard InChI is InChI=1S/C9H11F2N3O4.H4N2/c10-9(11)6(16)4(3-15)18-7(9)14-2-1-5(12)13-8(14)17;1-2/h1-2,4,6-7,15-16H,3H2,(H2,12,13,17);1-2H2/t4-,6-,7-;/m1./s1. The van der Waals surface area contributed by atoms with Crippen LogP contribution in [0.1, 0.15) is 6.23 Å². The van der Waals surface area contributed by atoms with Crippen LogP contribution in [-0.4, -0.2) is 44.5 Å². The quantitative estimate of drug-likeness (QED) is 0.296. The smallest absolute Gasteiger partial charge is 0.351 e. The third-order valence-corrected chi connectivity index (χ3v) is 2.66. The molecule has 8 N–H and O–H groups in total. The summed E-state index contributed by atoms with van der Waals surface area (Å²) in [5.74, 6) is 4.17. The number of hydrazine groups is 1. The molecule has 0 bridgehead atoms. The second kappa shape index (κ2) is 6.19. The maximum absolute atomic E-state index is 13.7. The van der Waals surface area contributed by atoms with E-state index in [0.717, 1.165) is 12.3 Å². The molecule has 114 valence electrons. The highest BCUT2D eigenvalue weighted by Gasteiger charge is 2.59. The van der Waals surface area contributed by atoms with Gasteiger partial charge in [-0.1, -0.05) is 0 Å². The molecule has 0 saturated carbocycles. The van der Waals surface area contributed by atoms with Crippen LogP contribution in [0.25, 0.3) is 0 Å². The summed E-state index contributed by atoms with van der Waals surface area (Å²) in [6.45, 7) is -0.787. The number of nitrogens with zero attached hydrogens (tertiary/aromatic N) is 2. The lowest BCUT2D eigenvalue weighted by Gasteiger charge is -2.20. The zero-order valence-corrected chi connectivity index (χ0v) is 10.2. The Morgan fingerprint density at radius 2 is 2.10 bits per heavy atom. The van der Waals surface area contributed by atoms with Gasteiger partial charge >= 0.3 is 11.6 Å². The Morgan fingerprint density at radius 1 is 1.50 bits per heavy atom. The first-order valence-electron chi connectivity index (χ1n) is 5.38. The van der Waals surface area contributed by atoms with Gasteiger partial charge in [-0.2, -0.15) is 13.8 Å². The van der Waals surface area contributed by atoms with E-state index in [1.807, 2.05) is 0 Å². The normalized spacial score (nSPS) is 27.8. The highest BCUT2D eigenvalue weighted by molar-refractivity contribution is 5.23. The molecule has 1 fully saturated rings. The maximum Gasteiger partial charge on any atom is 0.351 e. The zero-order chi connectivity index (χ0) is 15.5. The van der Waals surface area contributed by atoms with E-state index in [-0.39, 0.29) is 5.82 Å². The van der Waals surface area contributed by atoms with Gasteiger partial charge in [-0.15, -0.1) is 0 Å². The molecule has 1 aliphatic heterocycles. The fourth-order valence-electron chi connectivity index (χ4n) is 1.72. The van der Waals surface area contributed by atoms with Crippen molar-refractivity contribution in [3.63, 3.8) is 0 Å². The Balaban J connectivity index is 0.000000956. The van der Waals surface area contributed by atoms with Crippen LogP contribution in [0.4, 0.5) is 14.6 Å². The van der Waals surface area contributed by atoms with Crippen LogP contribution in [0.5, 0.6) is 0 Å². The molecule has 0 unspecified atom stereocenters. The molecular weight excluding hydrogens is 280 g/mol. The average Bonchev–Trinajstić information content (AvgIpc) is 2.64. The van der Waals surface area contributed by atoms with Crippen molar-refractivity contribution in [1.29, 1.82) is 0 Å². The van der Waals surface area contributed by atoms with Crippen LogP contribution in [0.15, 0.2) is 17.1 Å². The number of aliphatic hydroxyl groups is 2. The minimum absolute atomic E-state index is 0.114. The molecule has 20 heavy (non-hydrogen) atoms. The van der Waals surface area contributed by atoms with Crippen LogP contribution < -0.4 is 23.1 Å². The van der Waals surface area contributed by atoms with E-state index in [4.69, 9.17) is 15.6 Å². The molecule has 2 heterocycles. The first kappa shape index (κ1) is 16.4. The number of anilines is 1. The first-order chi connectivity index (χ1) is 9.37. The number of nitrogens with two attached hydrogens (primary N) is 3. The predicted octanol–water partition coefficient (Wildman–Crippen LogP) is -2.47. The third kappa shape index (κ3) is 2.76. The summed E-state index contributed by atoms with van der Waals surface area (Å²) in [5, 5.41) is 18.1. The second-order valence-corrected chi connectivity index (χ2v) is 3.87. The van der Waals surface area contributed by atoms with Crippen molar-refractivity contribution < 1.29 is 23.7 Å². The van der Waals surface area contributed by atoms with Gasteiger partial charge in [0.15, 0.2) is 6.10 Å². The minimum atomic E-state index is -3.71. The molecule has 0 aliphatic carbocycles. The molecule has 0 amide bonds. The Labute approximate surface area is 111 Å². The van der Waals surface area contributed by atoms with E-state index < -0.39 is 36.7 Å². The summed E-state index contributed by atoms with van der Waals surface area (Å²) in [5.41, 5.74) is 4.21. The van der Waals surface area contributed by atoms with Crippen molar-refractivity contribution in [1.82, 2.24) is 9.55 Å². The number of ether oxygens (including phenoxy) is 1. The number of alkyl halides is 2. The number of nitrogen functional groups attached to an aromatic ring is 1. The number of halogens is 2. The molecule has 11 heteroatoms. The zero-order valence-electron chi connectivity index (χ0n) is 10.2. The van der Waals surface area contributed by atoms with Crippen molar-refractivity contribution in [2.24, 2.45) is 11.7 Å². The van der Waals surface area contributed by atoms with Crippen molar-refractivity contribution >= 4 is 5.82 Å². The topological polar surface area (TPSA) is 163 Å². The highest BCUT2D eigenvalue weighted by atomic mass is 19.3. The molecular formula is C9H15F2N5O4. The largest absolute Gasteiger partial charge is 0.394 e. The van der Waals surface area contributed by atoms with Crippen LogP contribution >= 0.6 is 0 Å². The number of rotatable bonds is 2. The molecule has 3 atom stereocenters. The lowest BCUT2D eigenvalue weighted by Crippen LogP contribution is -2.41. The predicted molar refractivity (Wildman–Crippen MR) is 63.2 cm³/mol. The van der Waals surface area contributed by atoms with Gasteiger partial charge in [0.1, 0.15) is 11.9 Å². The molecule has 1 aliphatic rings. The van der Waals surface area contributed by atoms with Crippen LogP contribution in [0, 0.1) is 0 Å². The van der Waals surface area contributed by atoms with E-state index in [1.54, 1.807) is 0 Å². The van der Waals surface area contributed by atoms with E-state index in [0.29, 0.717) is 4.57 Å². The van der Waals surface area contributed by atoms with Crippen molar-refractivity contribution in [2.45, 2.75) is 24.4 Å². The summed E-state index contributed by atoms with van der Waals surface area (Å²) < 4.78 is 32.7. The van der Waals surface area contributed by atoms with Gasteiger partial charge in [-0.3, -0.25) is 16.3 Å². The fraction of sp³-hybridized carbons (Fsp3) is 0.556. The van der Waals surface area contributed by atoms with E-state index in [9.17, 15) is 18.7 Å². The Morgan fingerprint density at radius 3 is 2.55 bits per heavy atom. The maximum atomic E-state index is 13.7. The van der Waals surface area contributed by atoms with Gasteiger partial charge in [-0.25, -0.2) is 4.79 Å². The van der Waals surface area contributed by atoms with E-state index in [2.05, 4.69) is 16.7 Å². The molecule has 1 aromatic heterocycles. The van der Waals surface area contributed by atoms with Crippen LogP contribution in [0.3, 0.4) is 0 Å². The van der Waals surface area contributed by atoms with E-state index in [1.165, 1.54) is 0 Å². The molecule has 9 nitrogen and oxygen atoms in total. The van der Waals surface area contributed by atoms with Crippen molar-refractivity contribution in [3.05, 3.63) is 22.7 Å². The molecule has 2 rings (SSSR count).